The molecule has 1 saturated heterocycles. The van der Waals surface area contributed by atoms with Crippen LogP contribution in [0.1, 0.15) is 56.1 Å². The van der Waals surface area contributed by atoms with Gasteiger partial charge >= 0.3 is 5.69 Å². The van der Waals surface area contributed by atoms with Crippen LogP contribution >= 0.6 is 0 Å². The van der Waals surface area contributed by atoms with E-state index >= 15 is 4.39 Å². The van der Waals surface area contributed by atoms with Crippen LogP contribution in [0.15, 0.2) is 48.3 Å². The number of nitrogens with zero attached hydrogens (tertiary/aromatic N) is 6. The monoisotopic (exact) mass is 639 g/mol. The van der Waals surface area contributed by atoms with Crippen molar-refractivity contribution in [3.8, 4) is 11.4 Å². The Labute approximate surface area is 264 Å². The van der Waals surface area contributed by atoms with Crippen LogP contribution in [0, 0.1) is 11.6 Å². The van der Waals surface area contributed by atoms with Crippen molar-refractivity contribution < 1.29 is 28.3 Å². The Balaban J connectivity index is 2.01. The third kappa shape index (κ3) is 6.66. The number of phenols is 1. The van der Waals surface area contributed by atoms with Crippen molar-refractivity contribution in [3.05, 3.63) is 88.2 Å². The molecule has 3 N–H and O–H groups in total. The number of aromatic hydroxyl groups is 1. The molecule has 0 saturated carbocycles. The molecule has 3 aromatic rings. The Hall–Kier alpha value is -4.98. The highest BCUT2D eigenvalue weighted by molar-refractivity contribution is 5.88. The molecule has 0 unspecified atom stereocenters. The molecule has 244 valence electrons. The number of amides is 1. The van der Waals surface area contributed by atoms with Gasteiger partial charge in [-0.1, -0.05) is 39.8 Å². The Morgan fingerprint density at radius 2 is 1.80 bits per heavy atom. The first-order chi connectivity index (χ1) is 22.0. The van der Waals surface area contributed by atoms with Crippen molar-refractivity contribution in [2.45, 2.75) is 52.5 Å². The van der Waals surface area contributed by atoms with Crippen LogP contribution in [-0.2, 0) is 17.6 Å². The van der Waals surface area contributed by atoms with Crippen molar-refractivity contribution in [1.29, 1.82) is 0 Å². The molecule has 11 nitrogen and oxygen atoms in total. The number of allylic oxidation sites excluding steroid dienone is 2. The lowest BCUT2D eigenvalue weighted by Crippen LogP contribution is -2.54. The number of hydrogen-bond donors (Lipinski definition) is 3. The Morgan fingerprint density at radius 1 is 1.15 bits per heavy atom. The highest BCUT2D eigenvalue weighted by Gasteiger charge is 2.31. The number of phenolic OH excluding ortho intramolecular Hbond substituents is 1. The first kappa shape index (κ1) is 33.9. The molecule has 1 fully saturated rings. The molecule has 1 atom stereocenters. The Morgan fingerprint density at radius 3 is 2.37 bits per heavy atom. The van der Waals surface area contributed by atoms with Gasteiger partial charge in [0.15, 0.2) is 11.6 Å². The molecule has 0 spiro atoms. The molecular weight excluding hydrogens is 603 g/mol. The second kappa shape index (κ2) is 14.4. The van der Waals surface area contributed by atoms with Crippen LogP contribution in [0.4, 0.5) is 24.8 Å². The molecule has 0 bridgehead atoms. The van der Waals surface area contributed by atoms with Crippen molar-refractivity contribution in [3.63, 3.8) is 0 Å². The zero-order valence-electron chi connectivity index (χ0n) is 25.9. The van der Waals surface area contributed by atoms with Gasteiger partial charge < -0.3 is 14.9 Å². The van der Waals surface area contributed by atoms with Crippen molar-refractivity contribution in [2.24, 2.45) is 0 Å². The van der Waals surface area contributed by atoms with E-state index in [0.29, 0.717) is 43.1 Å². The summed E-state index contributed by atoms with van der Waals surface area (Å²) >= 11 is 0. The maximum atomic E-state index is 16.1. The van der Waals surface area contributed by atoms with E-state index in [1.807, 2.05) is 19.3 Å². The van der Waals surface area contributed by atoms with Crippen LogP contribution in [-0.4, -0.2) is 66.3 Å². The number of aromatic nitrogens is 4. The summed E-state index contributed by atoms with van der Waals surface area (Å²) in [7, 11) is 0. The van der Waals surface area contributed by atoms with Gasteiger partial charge in [-0.25, -0.2) is 32.5 Å². The molecule has 46 heavy (non-hydrogen) atoms. The fourth-order valence-electron chi connectivity index (χ4n) is 5.49. The number of benzene rings is 1. The standard InChI is InChI=1S/C32H36F3N7O4/c1-6-9-25-28(26(10-7-2)37-17-36-25)42-31(39-46)22(15-23(34)19(5)21-13-20(33)14-24(35)29(21)44)30(38-32(42)45)41-12-11-40(16-18(41)4)27(43)8-3/h8,13-15,17-18,39,44,46H,3,5-7,9-12,16H2,1-2,4H3/b23-15+/t18-/m0/s1. The van der Waals surface area contributed by atoms with Gasteiger partial charge in [0.05, 0.1) is 22.6 Å². The second-order valence-corrected chi connectivity index (χ2v) is 10.8. The highest BCUT2D eigenvalue weighted by atomic mass is 19.1. The smallest absolute Gasteiger partial charge is 0.355 e. The maximum Gasteiger partial charge on any atom is 0.355 e. The minimum Gasteiger partial charge on any atom is -0.504 e. The number of piperazine rings is 1. The summed E-state index contributed by atoms with van der Waals surface area (Å²) in [4.78, 5) is 42.6. The van der Waals surface area contributed by atoms with Gasteiger partial charge in [-0.3, -0.25) is 15.5 Å². The summed E-state index contributed by atoms with van der Waals surface area (Å²) in [6.45, 7) is 13.4. The second-order valence-electron chi connectivity index (χ2n) is 10.8. The topological polar surface area (TPSA) is 137 Å². The molecule has 1 aliphatic heterocycles. The van der Waals surface area contributed by atoms with Gasteiger partial charge in [-0.05, 0) is 38.0 Å². The number of nitrogens with one attached hydrogen (secondary N) is 1. The number of rotatable bonds is 11. The SMILES string of the molecule is C=CC(=O)N1CCN(c2nc(=O)n(-c3c(CCC)ncnc3CCC)c(NO)c2/C=C(/F)C(=C)c2cc(F)cc(F)c2O)[C@@H](C)C1. The van der Waals surface area contributed by atoms with E-state index in [0.717, 1.165) is 16.7 Å². The third-order valence-corrected chi connectivity index (χ3v) is 7.69. The van der Waals surface area contributed by atoms with E-state index in [1.54, 1.807) is 16.7 Å². The third-order valence-electron chi connectivity index (χ3n) is 7.69. The fourth-order valence-corrected chi connectivity index (χ4v) is 5.49. The Bertz CT molecular complexity index is 1730. The van der Waals surface area contributed by atoms with Crippen LogP contribution < -0.4 is 16.1 Å². The van der Waals surface area contributed by atoms with E-state index in [1.165, 1.54) is 12.4 Å². The van der Waals surface area contributed by atoms with Crippen LogP contribution in [0.3, 0.4) is 0 Å². The minimum absolute atomic E-state index is 0.0421. The van der Waals surface area contributed by atoms with Gasteiger partial charge in [0.1, 0.15) is 29.6 Å². The summed E-state index contributed by atoms with van der Waals surface area (Å²) in [5.74, 6) is -5.14. The molecule has 4 rings (SSSR count). The van der Waals surface area contributed by atoms with Crippen LogP contribution in [0.25, 0.3) is 17.3 Å². The number of hydrogen-bond acceptors (Lipinski definition) is 9. The van der Waals surface area contributed by atoms with Crippen LogP contribution in [0.2, 0.25) is 0 Å². The average molecular weight is 640 g/mol. The predicted octanol–water partition coefficient (Wildman–Crippen LogP) is 4.96. The molecule has 1 aromatic carbocycles. The predicted molar refractivity (Wildman–Crippen MR) is 169 cm³/mol. The lowest BCUT2D eigenvalue weighted by Gasteiger charge is -2.41. The first-order valence-electron chi connectivity index (χ1n) is 14.8. The van der Waals surface area contributed by atoms with E-state index in [4.69, 9.17) is 0 Å². The van der Waals surface area contributed by atoms with Gasteiger partial charge in [0.25, 0.3) is 0 Å². The molecule has 1 amide bonds. The lowest BCUT2D eigenvalue weighted by atomic mass is 10.0. The number of aryl methyl sites for hydroxylation is 2. The van der Waals surface area contributed by atoms with Crippen molar-refractivity contribution >= 4 is 29.2 Å². The molecule has 14 heteroatoms. The number of halogens is 3. The highest BCUT2D eigenvalue weighted by Crippen LogP contribution is 2.37. The van der Waals surface area contributed by atoms with Gasteiger partial charge in [0, 0.05) is 42.9 Å². The van der Waals surface area contributed by atoms with Gasteiger partial charge in [0.2, 0.25) is 5.91 Å². The van der Waals surface area contributed by atoms with Gasteiger partial charge in [-0.2, -0.15) is 4.98 Å². The summed E-state index contributed by atoms with van der Waals surface area (Å²) in [5.41, 5.74) is 1.26. The zero-order chi connectivity index (χ0) is 33.7. The van der Waals surface area contributed by atoms with Crippen molar-refractivity contribution in [1.82, 2.24) is 24.4 Å². The molecule has 1 aliphatic rings. The van der Waals surface area contributed by atoms with Crippen molar-refractivity contribution in [2.75, 3.05) is 30.0 Å². The molecule has 0 aliphatic carbocycles. The molecular formula is C32H36F3N7O4. The molecule has 3 heterocycles. The molecule has 2 aromatic heterocycles. The zero-order valence-corrected chi connectivity index (χ0v) is 25.9. The van der Waals surface area contributed by atoms with E-state index in [2.05, 4.69) is 28.1 Å². The number of carbonyl (C=O) groups excluding carboxylic acids is 1. The fraction of sp³-hybridized carbons (Fsp3) is 0.344. The normalized spacial score (nSPS) is 15.2. The lowest BCUT2D eigenvalue weighted by molar-refractivity contribution is -0.126. The summed E-state index contributed by atoms with van der Waals surface area (Å²) < 4.78 is 45.4. The largest absolute Gasteiger partial charge is 0.504 e. The average Bonchev–Trinajstić information content (AvgIpc) is 3.03. The maximum absolute atomic E-state index is 16.1. The molecule has 0 radical (unpaired) electrons. The number of carbonyl (C=O) groups is 1. The summed E-state index contributed by atoms with van der Waals surface area (Å²) in [5, 5.41) is 20.8. The Kier molecular flexibility index (Phi) is 10.6. The minimum atomic E-state index is -1.31. The summed E-state index contributed by atoms with van der Waals surface area (Å²) in [6.07, 6.45) is 5.71. The van der Waals surface area contributed by atoms with E-state index < -0.39 is 46.1 Å². The summed E-state index contributed by atoms with van der Waals surface area (Å²) in [6, 6.07) is 0.742. The first-order valence-corrected chi connectivity index (χ1v) is 14.8. The van der Waals surface area contributed by atoms with E-state index in [-0.39, 0.29) is 48.4 Å². The van der Waals surface area contributed by atoms with E-state index in [9.17, 15) is 28.7 Å². The van der Waals surface area contributed by atoms with Crippen LogP contribution in [0.5, 0.6) is 5.75 Å². The van der Waals surface area contributed by atoms with Gasteiger partial charge in [-0.15, -0.1) is 0 Å². The quantitative estimate of drug-likeness (QED) is 0.151. The number of anilines is 2.